The van der Waals surface area contributed by atoms with Crippen LogP contribution >= 0.6 is 0 Å². The fourth-order valence-corrected chi connectivity index (χ4v) is 2.04. The molecule has 1 aromatic rings. The lowest BCUT2D eigenvalue weighted by Crippen LogP contribution is -2.44. The van der Waals surface area contributed by atoms with Crippen LogP contribution in [0, 0.1) is 0 Å². The Morgan fingerprint density at radius 3 is 2.21 bits per heavy atom. The molecule has 0 atom stereocenters. The third-order valence-electron chi connectivity index (χ3n) is 3.20. The van der Waals surface area contributed by atoms with Gasteiger partial charge in [-0.15, -0.1) is 0 Å². The van der Waals surface area contributed by atoms with Gasteiger partial charge in [0.1, 0.15) is 5.60 Å². The van der Waals surface area contributed by atoms with Gasteiger partial charge in [-0.1, -0.05) is 6.07 Å². The molecule has 0 aliphatic heterocycles. The maximum atomic E-state index is 12.3. The lowest BCUT2D eigenvalue weighted by molar-refractivity contribution is -0.155. The van der Waals surface area contributed by atoms with Crippen LogP contribution in [-0.4, -0.2) is 34.1 Å². The first-order valence-corrected chi connectivity index (χ1v) is 7.77. The number of aromatic carboxylic acids is 1. The Kier molecular flexibility index (Phi) is 6.12. The molecular formula is C18H25NO5. The topological polar surface area (TPSA) is 92.7 Å². The molecule has 1 amide bonds. The highest BCUT2D eigenvalue weighted by molar-refractivity contribution is 5.97. The number of hydrogen-bond acceptors (Lipinski definition) is 4. The van der Waals surface area contributed by atoms with Gasteiger partial charge >= 0.3 is 11.9 Å². The second-order valence-electron chi connectivity index (χ2n) is 7.31. The van der Waals surface area contributed by atoms with E-state index >= 15 is 0 Å². The van der Waals surface area contributed by atoms with Crippen LogP contribution in [0.2, 0.25) is 0 Å². The van der Waals surface area contributed by atoms with Gasteiger partial charge in [0, 0.05) is 17.5 Å². The first-order valence-electron chi connectivity index (χ1n) is 7.77. The van der Waals surface area contributed by atoms with Crippen LogP contribution in [0.3, 0.4) is 0 Å². The molecule has 0 aromatic heterocycles. The summed E-state index contributed by atoms with van der Waals surface area (Å²) in [7, 11) is 0. The van der Waals surface area contributed by atoms with E-state index in [2.05, 4.69) is 5.32 Å². The summed E-state index contributed by atoms with van der Waals surface area (Å²) in [6.07, 6.45) is 0.589. The van der Waals surface area contributed by atoms with Crippen LogP contribution in [0.15, 0.2) is 24.3 Å². The number of esters is 1. The molecule has 0 radical (unpaired) electrons. The Hall–Kier alpha value is -2.37. The lowest BCUT2D eigenvalue weighted by Gasteiger charge is -2.27. The molecule has 0 aliphatic carbocycles. The van der Waals surface area contributed by atoms with Gasteiger partial charge in [-0.05, 0) is 59.2 Å². The number of carbonyl (C=O) groups excluding carboxylic acids is 2. The zero-order valence-electron chi connectivity index (χ0n) is 14.8. The number of nitrogens with one attached hydrogen (secondary N) is 1. The third-order valence-corrected chi connectivity index (χ3v) is 3.20. The molecule has 0 unspecified atom stereocenters. The Morgan fingerprint density at radius 1 is 1.08 bits per heavy atom. The molecule has 0 aliphatic rings. The summed E-state index contributed by atoms with van der Waals surface area (Å²) in [6, 6.07) is 5.81. The minimum atomic E-state index is -1.09. The zero-order valence-corrected chi connectivity index (χ0v) is 14.8. The van der Waals surface area contributed by atoms with Crippen molar-refractivity contribution in [3.63, 3.8) is 0 Å². The molecule has 1 rings (SSSR count). The highest BCUT2D eigenvalue weighted by atomic mass is 16.6. The molecule has 0 fully saturated rings. The van der Waals surface area contributed by atoms with E-state index in [-0.39, 0.29) is 29.4 Å². The lowest BCUT2D eigenvalue weighted by atomic mass is 9.97. The van der Waals surface area contributed by atoms with Gasteiger partial charge in [-0.25, -0.2) is 4.79 Å². The van der Waals surface area contributed by atoms with Crippen LogP contribution in [0.4, 0.5) is 0 Å². The van der Waals surface area contributed by atoms with Gasteiger partial charge in [0.2, 0.25) is 0 Å². The zero-order chi connectivity index (χ0) is 18.5. The average molecular weight is 335 g/mol. The van der Waals surface area contributed by atoms with E-state index in [4.69, 9.17) is 9.84 Å². The molecule has 6 nitrogen and oxygen atoms in total. The average Bonchev–Trinajstić information content (AvgIpc) is 2.43. The SMILES string of the molecule is CC(C)(CCC(=O)OC(C)(C)C)NC(=O)c1cccc(C(=O)O)c1. The summed E-state index contributed by atoms with van der Waals surface area (Å²) in [5.74, 6) is -1.79. The van der Waals surface area contributed by atoms with E-state index in [1.165, 1.54) is 18.2 Å². The standard InChI is InChI=1S/C18H25NO5/c1-17(2,3)24-14(20)9-10-18(4,5)19-15(21)12-7-6-8-13(11-12)16(22)23/h6-8,11H,9-10H2,1-5H3,(H,19,21)(H,22,23). The second kappa shape index (κ2) is 7.47. The van der Waals surface area contributed by atoms with Crippen molar-refractivity contribution in [2.24, 2.45) is 0 Å². The van der Waals surface area contributed by atoms with Gasteiger partial charge in [0.05, 0.1) is 5.56 Å². The first-order chi connectivity index (χ1) is 10.9. The Balaban J connectivity index is 2.66. The summed E-state index contributed by atoms with van der Waals surface area (Å²) in [5, 5.41) is 11.8. The van der Waals surface area contributed by atoms with Crippen molar-refractivity contribution in [2.75, 3.05) is 0 Å². The quantitative estimate of drug-likeness (QED) is 0.780. The number of ether oxygens (including phenoxy) is 1. The Morgan fingerprint density at radius 2 is 1.67 bits per heavy atom. The predicted octanol–water partition coefficient (Wildman–Crippen LogP) is 3.02. The van der Waals surface area contributed by atoms with Crippen LogP contribution in [0.1, 0.15) is 68.2 Å². The molecule has 2 N–H and O–H groups in total. The number of rotatable bonds is 6. The van der Waals surface area contributed by atoms with Gasteiger partial charge in [-0.2, -0.15) is 0 Å². The summed E-state index contributed by atoms with van der Waals surface area (Å²) in [6.45, 7) is 9.00. The normalized spacial score (nSPS) is 11.7. The molecule has 1 aromatic carbocycles. The van der Waals surface area contributed by atoms with Crippen molar-refractivity contribution >= 4 is 17.8 Å². The minimum Gasteiger partial charge on any atom is -0.478 e. The molecule has 0 bridgehead atoms. The Bertz CT molecular complexity index is 629. The van der Waals surface area contributed by atoms with Crippen molar-refractivity contribution in [3.05, 3.63) is 35.4 Å². The number of benzene rings is 1. The van der Waals surface area contributed by atoms with E-state index in [9.17, 15) is 14.4 Å². The van der Waals surface area contributed by atoms with E-state index in [0.29, 0.717) is 6.42 Å². The van der Waals surface area contributed by atoms with Crippen LogP contribution in [0.5, 0.6) is 0 Å². The van der Waals surface area contributed by atoms with Crippen molar-refractivity contribution in [1.29, 1.82) is 0 Å². The predicted molar refractivity (Wildman–Crippen MR) is 90.0 cm³/mol. The third kappa shape index (κ3) is 6.81. The molecule has 0 saturated heterocycles. The largest absolute Gasteiger partial charge is 0.478 e. The fraction of sp³-hybridized carbons (Fsp3) is 0.500. The van der Waals surface area contributed by atoms with Crippen molar-refractivity contribution in [1.82, 2.24) is 5.32 Å². The molecule has 0 heterocycles. The van der Waals surface area contributed by atoms with E-state index in [1.807, 2.05) is 0 Å². The highest BCUT2D eigenvalue weighted by Crippen LogP contribution is 2.16. The molecule has 24 heavy (non-hydrogen) atoms. The Labute approximate surface area is 142 Å². The van der Waals surface area contributed by atoms with Gasteiger partial charge < -0.3 is 15.2 Å². The number of hydrogen-bond donors (Lipinski definition) is 2. The fourth-order valence-electron chi connectivity index (χ4n) is 2.04. The number of carboxylic acid groups (broad SMARTS) is 1. The minimum absolute atomic E-state index is 0.0502. The molecule has 132 valence electrons. The second-order valence-corrected chi connectivity index (χ2v) is 7.31. The van der Waals surface area contributed by atoms with Gasteiger partial charge in [-0.3, -0.25) is 9.59 Å². The van der Waals surface area contributed by atoms with E-state index in [1.54, 1.807) is 40.7 Å². The molecule has 0 saturated carbocycles. The highest BCUT2D eigenvalue weighted by Gasteiger charge is 2.24. The summed E-state index contributed by atoms with van der Waals surface area (Å²) in [4.78, 5) is 35.0. The van der Waals surface area contributed by atoms with Gasteiger partial charge in [0.15, 0.2) is 0 Å². The van der Waals surface area contributed by atoms with Crippen LogP contribution in [0.25, 0.3) is 0 Å². The number of amides is 1. The van der Waals surface area contributed by atoms with E-state index in [0.717, 1.165) is 0 Å². The monoisotopic (exact) mass is 335 g/mol. The molecule has 6 heteroatoms. The van der Waals surface area contributed by atoms with Crippen molar-refractivity contribution < 1.29 is 24.2 Å². The first kappa shape index (κ1) is 19.7. The maximum absolute atomic E-state index is 12.3. The van der Waals surface area contributed by atoms with Gasteiger partial charge in [0.25, 0.3) is 5.91 Å². The summed E-state index contributed by atoms with van der Waals surface area (Å²) >= 11 is 0. The van der Waals surface area contributed by atoms with Crippen molar-refractivity contribution in [2.45, 2.75) is 58.6 Å². The molecule has 0 spiro atoms. The van der Waals surface area contributed by atoms with Crippen molar-refractivity contribution in [3.8, 4) is 0 Å². The maximum Gasteiger partial charge on any atom is 0.335 e. The number of carboxylic acids is 1. The smallest absolute Gasteiger partial charge is 0.335 e. The number of carbonyl (C=O) groups is 3. The van der Waals surface area contributed by atoms with E-state index < -0.39 is 17.1 Å². The van der Waals surface area contributed by atoms with Crippen LogP contribution in [-0.2, 0) is 9.53 Å². The summed E-state index contributed by atoms with van der Waals surface area (Å²) in [5.41, 5.74) is -0.857. The molecular weight excluding hydrogens is 310 g/mol. The van der Waals surface area contributed by atoms with Crippen LogP contribution < -0.4 is 5.32 Å². The summed E-state index contributed by atoms with van der Waals surface area (Å²) < 4.78 is 5.25.